The van der Waals surface area contributed by atoms with Crippen LogP contribution in [0.25, 0.3) is 11.1 Å². The summed E-state index contributed by atoms with van der Waals surface area (Å²) in [6, 6.07) is 18.7. The van der Waals surface area contributed by atoms with Crippen molar-refractivity contribution in [2.75, 3.05) is 18.4 Å². The van der Waals surface area contributed by atoms with Crippen molar-refractivity contribution in [2.45, 2.75) is 50.4 Å². The van der Waals surface area contributed by atoms with Crippen LogP contribution >= 0.6 is 11.6 Å². The molecule has 1 aromatic heterocycles. The van der Waals surface area contributed by atoms with Crippen molar-refractivity contribution in [3.05, 3.63) is 70.9 Å². The Morgan fingerprint density at radius 1 is 1.16 bits per heavy atom. The highest BCUT2D eigenvalue weighted by Crippen LogP contribution is 2.37. The predicted molar refractivity (Wildman–Crippen MR) is 143 cm³/mol. The number of halogens is 1. The number of nitrogens with one attached hydrogen (secondary N) is 1. The molecule has 0 spiro atoms. The molecular formula is C28H31ClN6O2. The van der Waals surface area contributed by atoms with Crippen molar-refractivity contribution in [2.24, 2.45) is 11.7 Å². The van der Waals surface area contributed by atoms with Crippen LogP contribution in [-0.4, -0.2) is 45.0 Å². The first-order valence-corrected chi connectivity index (χ1v) is 13.0. The van der Waals surface area contributed by atoms with Gasteiger partial charge in [-0.1, -0.05) is 48.0 Å². The van der Waals surface area contributed by atoms with E-state index in [4.69, 9.17) is 17.3 Å². The number of amides is 1. The van der Waals surface area contributed by atoms with E-state index in [1.54, 1.807) is 10.9 Å². The van der Waals surface area contributed by atoms with Crippen molar-refractivity contribution in [3.63, 3.8) is 0 Å². The molecule has 8 nitrogen and oxygen atoms in total. The smallest absolute Gasteiger partial charge is 0.254 e. The van der Waals surface area contributed by atoms with Crippen LogP contribution in [0.4, 0.5) is 5.82 Å². The summed E-state index contributed by atoms with van der Waals surface area (Å²) >= 11 is 6.01. The van der Waals surface area contributed by atoms with E-state index in [2.05, 4.69) is 45.7 Å². The predicted octanol–water partition coefficient (Wildman–Crippen LogP) is 4.35. The molecule has 192 valence electrons. The third-order valence-electron chi connectivity index (χ3n) is 7.55. The lowest BCUT2D eigenvalue weighted by molar-refractivity contribution is 0.0966. The molecule has 5 rings (SSSR count). The molecule has 1 amide bonds. The van der Waals surface area contributed by atoms with E-state index in [0.29, 0.717) is 12.8 Å². The van der Waals surface area contributed by atoms with Crippen molar-refractivity contribution in [3.8, 4) is 17.2 Å². The molecule has 4 N–H and O–H groups in total. The fourth-order valence-electron chi connectivity index (χ4n) is 5.04. The fourth-order valence-corrected chi connectivity index (χ4v) is 5.16. The zero-order chi connectivity index (χ0) is 26.0. The van der Waals surface area contributed by atoms with E-state index in [1.807, 2.05) is 24.3 Å². The number of benzene rings is 2. The number of nitriles is 1. The average molecular weight is 519 g/mol. The molecule has 9 heteroatoms. The molecule has 1 unspecified atom stereocenters. The van der Waals surface area contributed by atoms with Gasteiger partial charge >= 0.3 is 0 Å². The third-order valence-corrected chi connectivity index (χ3v) is 7.80. The van der Waals surface area contributed by atoms with Gasteiger partial charge in [0, 0.05) is 36.8 Å². The standard InChI is InChI=1S/C28H31ClN6O2/c29-23-9-7-21(8-10-23)20-3-1-19(2-4-20)17-34-15-12-28(11-14-30,13-16-34)35-18-24(25(31)36)26(33-35)32-27(37)22-5-6-22/h1-4,7-10,18,22,27,37H,5-6,11-13,15-17H2,(H2,31,36)(H,32,33). The number of aliphatic hydroxyl groups excluding tert-OH is 1. The Kier molecular flexibility index (Phi) is 7.20. The largest absolute Gasteiger partial charge is 0.373 e. The Morgan fingerprint density at radius 2 is 1.78 bits per heavy atom. The zero-order valence-corrected chi connectivity index (χ0v) is 21.4. The number of aromatic nitrogens is 2. The summed E-state index contributed by atoms with van der Waals surface area (Å²) in [5.74, 6) is -0.154. The van der Waals surface area contributed by atoms with Crippen molar-refractivity contribution >= 4 is 23.3 Å². The SMILES string of the molecule is N#CCC1(n2cc(C(N)=O)c(NC(O)C3CC3)n2)CCN(Cc2ccc(-c3ccc(Cl)cc3)cc2)CC1. The highest BCUT2D eigenvalue weighted by atomic mass is 35.5. The number of piperidine rings is 1. The zero-order valence-electron chi connectivity index (χ0n) is 20.6. The van der Waals surface area contributed by atoms with Crippen LogP contribution in [0.1, 0.15) is 48.0 Å². The number of anilines is 1. The second-order valence-electron chi connectivity index (χ2n) is 10.2. The van der Waals surface area contributed by atoms with Gasteiger partial charge in [0.25, 0.3) is 5.91 Å². The minimum atomic E-state index is -0.763. The van der Waals surface area contributed by atoms with Gasteiger partial charge in [-0.3, -0.25) is 14.4 Å². The number of aliphatic hydroxyl groups is 1. The van der Waals surface area contributed by atoms with E-state index in [1.165, 1.54) is 5.56 Å². The van der Waals surface area contributed by atoms with Gasteiger partial charge in [-0.2, -0.15) is 10.4 Å². The summed E-state index contributed by atoms with van der Waals surface area (Å²) in [5.41, 5.74) is 8.82. The number of carbonyl (C=O) groups is 1. The number of hydrogen-bond acceptors (Lipinski definition) is 6. The molecule has 0 bridgehead atoms. The molecule has 1 atom stereocenters. The lowest BCUT2D eigenvalue weighted by Crippen LogP contribution is -2.46. The van der Waals surface area contributed by atoms with Crippen LogP contribution in [0.5, 0.6) is 0 Å². The average Bonchev–Trinajstić information content (AvgIpc) is 3.66. The first kappa shape index (κ1) is 25.3. The van der Waals surface area contributed by atoms with Crippen LogP contribution in [-0.2, 0) is 12.1 Å². The van der Waals surface area contributed by atoms with Gasteiger partial charge in [-0.05, 0) is 54.5 Å². The number of likely N-dealkylation sites (tertiary alicyclic amines) is 1. The molecule has 2 heterocycles. The topological polar surface area (TPSA) is 120 Å². The highest BCUT2D eigenvalue weighted by molar-refractivity contribution is 6.30. The van der Waals surface area contributed by atoms with Crippen LogP contribution < -0.4 is 11.1 Å². The Labute approximate surface area is 221 Å². The number of nitrogens with two attached hydrogens (primary N) is 1. The Morgan fingerprint density at radius 3 is 2.35 bits per heavy atom. The summed E-state index contributed by atoms with van der Waals surface area (Å²) in [5, 5.41) is 28.3. The van der Waals surface area contributed by atoms with Gasteiger partial charge in [-0.15, -0.1) is 0 Å². The molecule has 37 heavy (non-hydrogen) atoms. The lowest BCUT2D eigenvalue weighted by atomic mass is 9.84. The summed E-state index contributed by atoms with van der Waals surface area (Å²) < 4.78 is 1.73. The maximum Gasteiger partial charge on any atom is 0.254 e. The molecule has 2 aromatic carbocycles. The lowest BCUT2D eigenvalue weighted by Gasteiger charge is -2.40. The molecule has 1 aliphatic carbocycles. The molecular weight excluding hydrogens is 488 g/mol. The maximum atomic E-state index is 12.1. The highest BCUT2D eigenvalue weighted by Gasteiger charge is 2.39. The number of nitrogens with zero attached hydrogens (tertiary/aromatic N) is 4. The van der Waals surface area contributed by atoms with Gasteiger partial charge in [0.15, 0.2) is 5.82 Å². The van der Waals surface area contributed by atoms with Crippen molar-refractivity contribution in [1.29, 1.82) is 5.26 Å². The van der Waals surface area contributed by atoms with E-state index in [-0.39, 0.29) is 23.7 Å². The number of primary amides is 1. The summed E-state index contributed by atoms with van der Waals surface area (Å²) in [6.45, 7) is 2.40. The van der Waals surface area contributed by atoms with E-state index < -0.39 is 17.7 Å². The Hall–Kier alpha value is -3.38. The molecule has 1 saturated heterocycles. The quantitative estimate of drug-likeness (QED) is 0.362. The first-order valence-electron chi connectivity index (χ1n) is 12.7. The number of hydrogen-bond donors (Lipinski definition) is 3. The summed E-state index contributed by atoms with van der Waals surface area (Å²) in [7, 11) is 0. The molecule has 1 aliphatic heterocycles. The normalized spacial score (nSPS) is 18.2. The summed E-state index contributed by atoms with van der Waals surface area (Å²) in [4.78, 5) is 14.5. The second-order valence-corrected chi connectivity index (χ2v) is 10.6. The maximum absolute atomic E-state index is 12.1. The minimum Gasteiger partial charge on any atom is -0.373 e. The van der Waals surface area contributed by atoms with Crippen LogP contribution in [0, 0.1) is 17.2 Å². The van der Waals surface area contributed by atoms with E-state index in [9.17, 15) is 15.2 Å². The fraction of sp³-hybridized carbons (Fsp3) is 0.393. The molecule has 2 fully saturated rings. The van der Waals surface area contributed by atoms with E-state index in [0.717, 1.165) is 48.6 Å². The third kappa shape index (κ3) is 5.64. The van der Waals surface area contributed by atoms with Crippen LogP contribution in [0.15, 0.2) is 54.7 Å². The van der Waals surface area contributed by atoms with Crippen molar-refractivity contribution in [1.82, 2.24) is 14.7 Å². The minimum absolute atomic E-state index is 0.169. The van der Waals surface area contributed by atoms with Gasteiger partial charge < -0.3 is 16.2 Å². The van der Waals surface area contributed by atoms with E-state index >= 15 is 0 Å². The second kappa shape index (κ2) is 10.5. The monoisotopic (exact) mass is 518 g/mol. The number of carbonyl (C=O) groups excluding carboxylic acids is 1. The Balaban J connectivity index is 1.27. The van der Waals surface area contributed by atoms with Gasteiger partial charge in [-0.25, -0.2) is 0 Å². The summed E-state index contributed by atoms with van der Waals surface area (Å²) in [6.07, 6.45) is 4.47. The van der Waals surface area contributed by atoms with Gasteiger partial charge in [0.05, 0.1) is 18.0 Å². The first-order chi connectivity index (χ1) is 17.9. The van der Waals surface area contributed by atoms with Gasteiger partial charge in [0.2, 0.25) is 0 Å². The van der Waals surface area contributed by atoms with Crippen molar-refractivity contribution < 1.29 is 9.90 Å². The molecule has 3 aromatic rings. The molecule has 1 saturated carbocycles. The molecule has 2 aliphatic rings. The molecule has 0 radical (unpaired) electrons. The van der Waals surface area contributed by atoms with Crippen LogP contribution in [0.3, 0.4) is 0 Å². The van der Waals surface area contributed by atoms with Gasteiger partial charge in [0.1, 0.15) is 11.8 Å². The number of rotatable bonds is 9. The Bertz CT molecular complexity index is 1290. The van der Waals surface area contributed by atoms with Crippen LogP contribution in [0.2, 0.25) is 5.02 Å².